The summed E-state index contributed by atoms with van der Waals surface area (Å²) in [5.41, 5.74) is 7.42. The molecule has 0 aromatic heterocycles. The molecule has 0 fully saturated rings. The first-order valence-electron chi connectivity index (χ1n) is 4.33. The minimum atomic E-state index is -1.02. The van der Waals surface area contributed by atoms with Gasteiger partial charge in [0.2, 0.25) is 0 Å². The number of aliphatic carboxylic acids is 1. The van der Waals surface area contributed by atoms with Crippen LogP contribution in [0.1, 0.15) is 11.1 Å². The van der Waals surface area contributed by atoms with Crippen LogP contribution >= 0.6 is 0 Å². The molecule has 0 bridgehead atoms. The van der Waals surface area contributed by atoms with Crippen LogP contribution in [0.15, 0.2) is 30.3 Å². The molecule has 3 heteroatoms. The van der Waals surface area contributed by atoms with Crippen molar-refractivity contribution in [2.24, 2.45) is 5.73 Å². The van der Waals surface area contributed by atoms with Gasteiger partial charge in [0.25, 0.3) is 0 Å². The van der Waals surface area contributed by atoms with Gasteiger partial charge in [-0.1, -0.05) is 36.4 Å². The van der Waals surface area contributed by atoms with Gasteiger partial charge in [-0.25, -0.2) is 0 Å². The van der Waals surface area contributed by atoms with Crippen molar-refractivity contribution in [3.8, 4) is 0 Å². The molecule has 1 aromatic rings. The topological polar surface area (TPSA) is 63.3 Å². The molecule has 0 amide bonds. The SMILES string of the molecule is Cc1ccccc1/C=C/C(N)C(=O)O. The zero-order valence-corrected chi connectivity index (χ0v) is 7.97. The van der Waals surface area contributed by atoms with E-state index < -0.39 is 12.0 Å². The van der Waals surface area contributed by atoms with E-state index in [9.17, 15) is 4.79 Å². The largest absolute Gasteiger partial charge is 0.480 e. The molecule has 0 aliphatic rings. The molecule has 14 heavy (non-hydrogen) atoms. The minimum absolute atomic E-state index is 0.936. The fourth-order valence-electron chi connectivity index (χ4n) is 1.06. The van der Waals surface area contributed by atoms with Crippen molar-refractivity contribution in [1.82, 2.24) is 0 Å². The third kappa shape index (κ3) is 2.71. The first-order chi connectivity index (χ1) is 6.61. The Balaban J connectivity index is 2.78. The van der Waals surface area contributed by atoms with Gasteiger partial charge >= 0.3 is 5.97 Å². The Hall–Kier alpha value is -1.61. The normalized spacial score (nSPS) is 13.0. The molecule has 1 aromatic carbocycles. The predicted molar refractivity (Wildman–Crippen MR) is 55.8 cm³/mol. The maximum atomic E-state index is 10.4. The molecule has 0 heterocycles. The number of hydrogen-bond acceptors (Lipinski definition) is 2. The van der Waals surface area contributed by atoms with Gasteiger partial charge < -0.3 is 10.8 Å². The summed E-state index contributed by atoms with van der Waals surface area (Å²) in [4.78, 5) is 10.4. The first-order valence-corrected chi connectivity index (χ1v) is 4.33. The molecule has 0 saturated carbocycles. The van der Waals surface area contributed by atoms with Crippen molar-refractivity contribution in [3.05, 3.63) is 41.5 Å². The molecule has 1 atom stereocenters. The second kappa shape index (κ2) is 4.58. The summed E-state index contributed by atoms with van der Waals surface area (Å²) < 4.78 is 0. The molecule has 0 saturated heterocycles. The van der Waals surface area contributed by atoms with Gasteiger partial charge in [-0.3, -0.25) is 4.79 Å². The molecule has 0 radical (unpaired) electrons. The highest BCUT2D eigenvalue weighted by molar-refractivity contribution is 5.77. The van der Waals surface area contributed by atoms with Crippen molar-refractivity contribution < 1.29 is 9.90 Å². The maximum Gasteiger partial charge on any atom is 0.324 e. The maximum absolute atomic E-state index is 10.4. The number of aryl methyl sites for hydroxylation is 1. The van der Waals surface area contributed by atoms with Crippen molar-refractivity contribution in [3.63, 3.8) is 0 Å². The summed E-state index contributed by atoms with van der Waals surface area (Å²) in [6.07, 6.45) is 3.21. The lowest BCUT2D eigenvalue weighted by atomic mass is 10.1. The van der Waals surface area contributed by atoms with E-state index in [0.29, 0.717) is 0 Å². The van der Waals surface area contributed by atoms with Crippen molar-refractivity contribution in [2.45, 2.75) is 13.0 Å². The van der Waals surface area contributed by atoms with Gasteiger partial charge in [0.15, 0.2) is 0 Å². The standard InChI is InChI=1S/C11H13NO2/c1-8-4-2-3-5-9(8)6-7-10(12)11(13)14/h2-7,10H,12H2,1H3,(H,13,14)/b7-6+. The molecule has 1 unspecified atom stereocenters. The molecule has 0 aliphatic heterocycles. The zero-order valence-electron chi connectivity index (χ0n) is 7.97. The van der Waals surface area contributed by atoms with Crippen molar-refractivity contribution in [2.75, 3.05) is 0 Å². The zero-order chi connectivity index (χ0) is 10.6. The lowest BCUT2D eigenvalue weighted by Crippen LogP contribution is -2.27. The molecule has 0 spiro atoms. The van der Waals surface area contributed by atoms with E-state index in [1.807, 2.05) is 31.2 Å². The average Bonchev–Trinajstić information content (AvgIpc) is 2.16. The number of carbonyl (C=O) groups is 1. The summed E-state index contributed by atoms with van der Waals surface area (Å²) in [6, 6.07) is 6.78. The molecule has 1 rings (SSSR count). The first kappa shape index (κ1) is 10.5. The Bertz CT molecular complexity index is 358. The van der Waals surface area contributed by atoms with Gasteiger partial charge in [-0.2, -0.15) is 0 Å². The molecule has 3 N–H and O–H groups in total. The van der Waals surface area contributed by atoms with Crippen LogP contribution < -0.4 is 5.73 Å². The van der Waals surface area contributed by atoms with E-state index in [0.717, 1.165) is 11.1 Å². The van der Waals surface area contributed by atoms with Crippen molar-refractivity contribution in [1.29, 1.82) is 0 Å². The highest BCUT2D eigenvalue weighted by Gasteiger charge is 2.05. The molecule has 0 aliphatic carbocycles. The number of benzene rings is 1. The van der Waals surface area contributed by atoms with E-state index in [2.05, 4.69) is 0 Å². The second-order valence-corrected chi connectivity index (χ2v) is 3.08. The molecular weight excluding hydrogens is 178 g/mol. The van der Waals surface area contributed by atoms with Crippen LogP contribution in [0.25, 0.3) is 6.08 Å². The molecule has 74 valence electrons. The van der Waals surface area contributed by atoms with Gasteiger partial charge in [-0.05, 0) is 18.1 Å². The third-order valence-electron chi connectivity index (χ3n) is 1.96. The van der Waals surface area contributed by atoms with Crippen LogP contribution in [0, 0.1) is 6.92 Å². The Labute approximate surface area is 82.9 Å². The fourth-order valence-corrected chi connectivity index (χ4v) is 1.06. The number of nitrogens with two attached hydrogens (primary N) is 1. The van der Waals surface area contributed by atoms with Gasteiger partial charge in [-0.15, -0.1) is 0 Å². The number of hydrogen-bond donors (Lipinski definition) is 2. The van der Waals surface area contributed by atoms with Crippen LogP contribution in [0.4, 0.5) is 0 Å². The van der Waals surface area contributed by atoms with Crippen molar-refractivity contribution >= 4 is 12.0 Å². The van der Waals surface area contributed by atoms with Crippen LogP contribution in [-0.2, 0) is 4.79 Å². The number of carboxylic acid groups (broad SMARTS) is 1. The van der Waals surface area contributed by atoms with E-state index in [-0.39, 0.29) is 0 Å². The summed E-state index contributed by atoms with van der Waals surface area (Å²) in [6.45, 7) is 1.96. The Morgan fingerprint density at radius 3 is 2.71 bits per heavy atom. The van der Waals surface area contributed by atoms with Crippen LogP contribution in [0.5, 0.6) is 0 Å². The fraction of sp³-hybridized carbons (Fsp3) is 0.182. The van der Waals surface area contributed by atoms with E-state index in [1.165, 1.54) is 6.08 Å². The average molecular weight is 191 g/mol. The number of carboxylic acids is 1. The Morgan fingerprint density at radius 2 is 2.14 bits per heavy atom. The predicted octanol–water partition coefficient (Wildman–Crippen LogP) is 1.42. The summed E-state index contributed by atoms with van der Waals surface area (Å²) in [5, 5.41) is 8.55. The Morgan fingerprint density at radius 1 is 1.50 bits per heavy atom. The van der Waals surface area contributed by atoms with E-state index >= 15 is 0 Å². The highest BCUT2D eigenvalue weighted by atomic mass is 16.4. The van der Waals surface area contributed by atoms with Gasteiger partial charge in [0.05, 0.1) is 0 Å². The number of rotatable bonds is 3. The summed E-state index contributed by atoms with van der Waals surface area (Å²) in [7, 11) is 0. The summed E-state index contributed by atoms with van der Waals surface area (Å²) in [5.74, 6) is -1.02. The highest BCUT2D eigenvalue weighted by Crippen LogP contribution is 2.08. The third-order valence-corrected chi connectivity index (χ3v) is 1.96. The van der Waals surface area contributed by atoms with E-state index in [1.54, 1.807) is 6.08 Å². The lowest BCUT2D eigenvalue weighted by Gasteiger charge is -2.00. The monoisotopic (exact) mass is 191 g/mol. The van der Waals surface area contributed by atoms with Gasteiger partial charge in [0.1, 0.15) is 6.04 Å². The minimum Gasteiger partial charge on any atom is -0.480 e. The molecular formula is C11H13NO2. The van der Waals surface area contributed by atoms with Gasteiger partial charge in [0, 0.05) is 0 Å². The Kier molecular flexibility index (Phi) is 3.42. The van der Waals surface area contributed by atoms with Crippen LogP contribution in [0.2, 0.25) is 0 Å². The van der Waals surface area contributed by atoms with Crippen LogP contribution in [0.3, 0.4) is 0 Å². The summed E-state index contributed by atoms with van der Waals surface area (Å²) >= 11 is 0. The molecule has 3 nitrogen and oxygen atoms in total. The second-order valence-electron chi connectivity index (χ2n) is 3.08. The van der Waals surface area contributed by atoms with Crippen LogP contribution in [-0.4, -0.2) is 17.1 Å². The van der Waals surface area contributed by atoms with E-state index in [4.69, 9.17) is 10.8 Å². The smallest absolute Gasteiger partial charge is 0.324 e. The lowest BCUT2D eigenvalue weighted by molar-refractivity contribution is -0.137. The quantitative estimate of drug-likeness (QED) is 0.759.